The number of hydrogen-bond donors (Lipinski definition) is 2. The Morgan fingerprint density at radius 3 is 2.46 bits per heavy atom. The Morgan fingerprint density at radius 1 is 1.11 bits per heavy atom. The van der Waals surface area contributed by atoms with Crippen molar-refractivity contribution in [3.05, 3.63) is 75.7 Å². The van der Waals surface area contributed by atoms with Gasteiger partial charge in [-0.3, -0.25) is 9.59 Å². The number of aromatic amines is 1. The van der Waals surface area contributed by atoms with E-state index in [1.54, 1.807) is 24.3 Å². The number of aromatic nitrogens is 2. The van der Waals surface area contributed by atoms with Gasteiger partial charge in [0.2, 0.25) is 0 Å². The Labute approximate surface area is 161 Å². The molecule has 2 N–H and O–H groups in total. The SMILES string of the molecule is CC[C@@H](NC(=O)COC(=O)c1n[nH]c(=O)c2ccccc12)c1ccc(C)cc1. The molecule has 0 spiro atoms. The van der Waals surface area contributed by atoms with Crippen LogP contribution in [0.5, 0.6) is 0 Å². The molecule has 0 aliphatic carbocycles. The van der Waals surface area contributed by atoms with E-state index in [2.05, 4.69) is 15.5 Å². The number of fused-ring (bicyclic) bond motifs is 1. The number of carbonyl (C=O) groups excluding carboxylic acids is 2. The summed E-state index contributed by atoms with van der Waals surface area (Å²) in [6.07, 6.45) is 0.703. The Kier molecular flexibility index (Phi) is 5.84. The number of amides is 1. The molecule has 2 aromatic carbocycles. The molecule has 1 atom stereocenters. The molecule has 1 amide bonds. The molecule has 0 saturated carbocycles. The highest BCUT2D eigenvalue weighted by molar-refractivity contribution is 6.02. The van der Waals surface area contributed by atoms with Crippen LogP contribution in [0.4, 0.5) is 0 Å². The summed E-state index contributed by atoms with van der Waals surface area (Å²) in [5.74, 6) is -1.18. The number of aryl methyl sites for hydroxylation is 1. The minimum Gasteiger partial charge on any atom is -0.451 e. The molecule has 144 valence electrons. The average molecular weight is 379 g/mol. The van der Waals surface area contributed by atoms with Crippen molar-refractivity contribution in [1.29, 1.82) is 0 Å². The third-order valence-corrected chi connectivity index (χ3v) is 4.45. The number of H-pyrrole nitrogens is 1. The number of ether oxygens (including phenoxy) is 1. The van der Waals surface area contributed by atoms with Gasteiger partial charge in [-0.2, -0.15) is 5.10 Å². The average Bonchev–Trinajstić information content (AvgIpc) is 2.71. The van der Waals surface area contributed by atoms with Gasteiger partial charge in [0.15, 0.2) is 12.3 Å². The summed E-state index contributed by atoms with van der Waals surface area (Å²) >= 11 is 0. The summed E-state index contributed by atoms with van der Waals surface area (Å²) in [6, 6.07) is 14.3. The van der Waals surface area contributed by atoms with E-state index in [-0.39, 0.29) is 11.7 Å². The molecule has 7 nitrogen and oxygen atoms in total. The largest absolute Gasteiger partial charge is 0.451 e. The number of esters is 1. The standard InChI is InChI=1S/C21H21N3O4/c1-3-17(14-10-8-13(2)9-11-14)22-18(25)12-28-21(27)19-15-6-4-5-7-16(15)20(26)24-23-19/h4-11,17H,3,12H2,1-2H3,(H,22,25)(H,24,26)/t17-/m1/s1. The number of nitrogens with one attached hydrogen (secondary N) is 2. The Hall–Kier alpha value is -3.48. The van der Waals surface area contributed by atoms with Crippen molar-refractivity contribution in [3.8, 4) is 0 Å². The van der Waals surface area contributed by atoms with Crippen LogP contribution in [-0.2, 0) is 9.53 Å². The highest BCUT2D eigenvalue weighted by Gasteiger charge is 2.18. The maximum absolute atomic E-state index is 12.4. The lowest BCUT2D eigenvalue weighted by Gasteiger charge is -2.17. The van der Waals surface area contributed by atoms with Gasteiger partial charge in [-0.25, -0.2) is 9.89 Å². The smallest absolute Gasteiger partial charge is 0.359 e. The molecule has 7 heteroatoms. The fourth-order valence-electron chi connectivity index (χ4n) is 2.93. The zero-order valence-electron chi connectivity index (χ0n) is 15.7. The third kappa shape index (κ3) is 4.25. The van der Waals surface area contributed by atoms with E-state index in [9.17, 15) is 14.4 Å². The van der Waals surface area contributed by atoms with Crippen molar-refractivity contribution >= 4 is 22.6 Å². The van der Waals surface area contributed by atoms with E-state index in [1.165, 1.54) is 0 Å². The molecule has 0 saturated heterocycles. The van der Waals surface area contributed by atoms with Crippen LogP contribution >= 0.6 is 0 Å². The molecule has 3 aromatic rings. The predicted molar refractivity (Wildman–Crippen MR) is 105 cm³/mol. The first-order chi connectivity index (χ1) is 13.5. The van der Waals surface area contributed by atoms with Crippen LogP contribution in [0.15, 0.2) is 53.3 Å². The summed E-state index contributed by atoms with van der Waals surface area (Å²) in [4.78, 5) is 36.4. The summed E-state index contributed by atoms with van der Waals surface area (Å²) in [6.45, 7) is 3.53. The minimum absolute atomic E-state index is 0.0337. The van der Waals surface area contributed by atoms with Gasteiger partial charge in [-0.15, -0.1) is 0 Å². The number of rotatable bonds is 6. The van der Waals surface area contributed by atoms with E-state index < -0.39 is 24.0 Å². The van der Waals surface area contributed by atoms with Gasteiger partial charge >= 0.3 is 5.97 Å². The van der Waals surface area contributed by atoms with Crippen molar-refractivity contribution in [2.24, 2.45) is 0 Å². The molecule has 0 unspecified atom stereocenters. The van der Waals surface area contributed by atoms with Crippen LogP contribution in [0, 0.1) is 6.92 Å². The molecule has 1 aromatic heterocycles. The Morgan fingerprint density at radius 2 is 1.79 bits per heavy atom. The van der Waals surface area contributed by atoms with Crippen molar-refractivity contribution in [2.45, 2.75) is 26.3 Å². The molecule has 0 bridgehead atoms. The second-order valence-corrected chi connectivity index (χ2v) is 6.46. The Balaban J connectivity index is 1.66. The number of carbonyl (C=O) groups is 2. The van der Waals surface area contributed by atoms with Crippen molar-refractivity contribution in [3.63, 3.8) is 0 Å². The first-order valence-electron chi connectivity index (χ1n) is 9.00. The normalized spacial score (nSPS) is 11.8. The van der Waals surface area contributed by atoms with Crippen LogP contribution in [0.2, 0.25) is 0 Å². The van der Waals surface area contributed by atoms with Crippen LogP contribution in [0.3, 0.4) is 0 Å². The Bertz CT molecular complexity index is 1060. The monoisotopic (exact) mass is 379 g/mol. The van der Waals surface area contributed by atoms with Gasteiger partial charge in [-0.05, 0) is 25.0 Å². The lowest BCUT2D eigenvalue weighted by molar-refractivity contribution is -0.125. The molecule has 0 fully saturated rings. The van der Waals surface area contributed by atoms with Gasteiger partial charge in [-0.1, -0.05) is 55.0 Å². The maximum atomic E-state index is 12.4. The topological polar surface area (TPSA) is 101 Å². The minimum atomic E-state index is -0.772. The van der Waals surface area contributed by atoms with Gasteiger partial charge in [0, 0.05) is 5.39 Å². The van der Waals surface area contributed by atoms with E-state index in [0.29, 0.717) is 17.2 Å². The summed E-state index contributed by atoms with van der Waals surface area (Å²) in [5.41, 5.74) is 1.70. The van der Waals surface area contributed by atoms with Crippen LogP contribution < -0.4 is 10.9 Å². The van der Waals surface area contributed by atoms with Crippen molar-refractivity contribution in [1.82, 2.24) is 15.5 Å². The van der Waals surface area contributed by atoms with Gasteiger partial charge < -0.3 is 10.1 Å². The maximum Gasteiger partial charge on any atom is 0.359 e. The summed E-state index contributed by atoms with van der Waals surface area (Å²) in [5, 5.41) is 9.62. The second-order valence-electron chi connectivity index (χ2n) is 6.46. The molecule has 0 aliphatic heterocycles. The van der Waals surface area contributed by atoms with Gasteiger partial charge in [0.1, 0.15) is 0 Å². The van der Waals surface area contributed by atoms with Crippen LogP contribution in [0.25, 0.3) is 10.8 Å². The van der Waals surface area contributed by atoms with Crippen molar-refractivity contribution in [2.75, 3.05) is 6.61 Å². The molecule has 0 radical (unpaired) electrons. The highest BCUT2D eigenvalue weighted by Crippen LogP contribution is 2.17. The molecular formula is C21H21N3O4. The zero-order valence-corrected chi connectivity index (χ0v) is 15.7. The lowest BCUT2D eigenvalue weighted by atomic mass is 10.0. The van der Waals surface area contributed by atoms with E-state index in [1.807, 2.05) is 38.1 Å². The predicted octanol–water partition coefficient (Wildman–Crippen LogP) is 2.66. The third-order valence-electron chi connectivity index (χ3n) is 4.45. The molecule has 0 aliphatic rings. The highest BCUT2D eigenvalue weighted by atomic mass is 16.5. The fourth-order valence-corrected chi connectivity index (χ4v) is 2.93. The van der Waals surface area contributed by atoms with Gasteiger partial charge in [0.05, 0.1) is 11.4 Å². The summed E-state index contributed by atoms with van der Waals surface area (Å²) in [7, 11) is 0. The fraction of sp³-hybridized carbons (Fsp3) is 0.238. The van der Waals surface area contributed by atoms with Crippen LogP contribution in [-0.4, -0.2) is 28.7 Å². The first-order valence-corrected chi connectivity index (χ1v) is 9.00. The quantitative estimate of drug-likeness (QED) is 0.641. The molecule has 1 heterocycles. The first kappa shape index (κ1) is 19.3. The zero-order chi connectivity index (χ0) is 20.1. The second kappa shape index (κ2) is 8.47. The van der Waals surface area contributed by atoms with Gasteiger partial charge in [0.25, 0.3) is 11.5 Å². The summed E-state index contributed by atoms with van der Waals surface area (Å²) < 4.78 is 5.10. The number of hydrogen-bond acceptors (Lipinski definition) is 5. The molecular weight excluding hydrogens is 358 g/mol. The van der Waals surface area contributed by atoms with E-state index in [0.717, 1.165) is 11.1 Å². The lowest BCUT2D eigenvalue weighted by Crippen LogP contribution is -2.32. The van der Waals surface area contributed by atoms with E-state index in [4.69, 9.17) is 4.74 Å². The van der Waals surface area contributed by atoms with Crippen molar-refractivity contribution < 1.29 is 14.3 Å². The molecule has 3 rings (SSSR count). The number of benzene rings is 2. The van der Waals surface area contributed by atoms with Crippen LogP contribution in [0.1, 0.15) is 41.0 Å². The number of nitrogens with zero attached hydrogens (tertiary/aromatic N) is 1. The van der Waals surface area contributed by atoms with E-state index >= 15 is 0 Å². The molecule has 28 heavy (non-hydrogen) atoms.